The monoisotopic (exact) mass is 574 g/mol. The molecule has 0 saturated carbocycles. The molecule has 0 amide bonds. The number of halogens is 4. The van der Waals surface area contributed by atoms with Crippen molar-refractivity contribution in [1.29, 1.82) is 0 Å². The highest BCUT2D eigenvalue weighted by Gasteiger charge is 2.30. The van der Waals surface area contributed by atoms with Crippen LogP contribution in [0.5, 0.6) is 0 Å². The van der Waals surface area contributed by atoms with Crippen LogP contribution in [0.15, 0.2) is 108 Å². The summed E-state index contributed by atoms with van der Waals surface area (Å²) in [4.78, 5) is 3.96. The van der Waals surface area contributed by atoms with Crippen molar-refractivity contribution in [3.8, 4) is 0 Å². The van der Waals surface area contributed by atoms with Crippen molar-refractivity contribution in [1.82, 2.24) is 0 Å². The quantitative estimate of drug-likeness (QED) is 0.153. The van der Waals surface area contributed by atoms with E-state index in [0.717, 1.165) is 69.5 Å². The summed E-state index contributed by atoms with van der Waals surface area (Å²) < 4.78 is 58.1. The Labute approximate surface area is 246 Å². The first-order valence-electron chi connectivity index (χ1n) is 14.5. The molecule has 8 rings (SSSR count). The first kappa shape index (κ1) is 25.8. The predicted molar refractivity (Wildman–Crippen MR) is 167 cm³/mol. The highest BCUT2D eigenvalue weighted by Crippen LogP contribution is 2.47. The molecular weight excluding hydrogens is 548 g/mol. The lowest BCUT2D eigenvalue weighted by molar-refractivity contribution is 0.582. The summed E-state index contributed by atoms with van der Waals surface area (Å²) in [5.74, 6) is -2.72. The molecule has 6 heteroatoms. The smallest absolute Gasteiger partial charge is 0.128 e. The van der Waals surface area contributed by atoms with Crippen LogP contribution in [0.1, 0.15) is 19.8 Å². The topological polar surface area (TPSA) is 6.48 Å². The lowest BCUT2D eigenvalue weighted by Crippen LogP contribution is -2.23. The van der Waals surface area contributed by atoms with Gasteiger partial charge in [-0.3, -0.25) is 0 Å². The summed E-state index contributed by atoms with van der Waals surface area (Å²) >= 11 is 0. The molecule has 0 aromatic heterocycles. The molecule has 1 aliphatic carbocycles. The minimum atomic E-state index is -0.787. The molecule has 2 nitrogen and oxygen atoms in total. The third-order valence-corrected chi connectivity index (χ3v) is 8.86. The molecule has 0 bridgehead atoms. The third-order valence-electron chi connectivity index (χ3n) is 8.86. The lowest BCUT2D eigenvalue weighted by Gasteiger charge is -2.30. The molecular formula is C37H26F4N2. The largest absolute Gasteiger partial charge is 0.344 e. The molecule has 2 aliphatic rings. The van der Waals surface area contributed by atoms with Crippen molar-refractivity contribution in [2.45, 2.75) is 19.8 Å². The number of nitrogens with zero attached hydrogens (tertiary/aromatic N) is 2. The average Bonchev–Trinajstić information content (AvgIpc) is 3.41. The standard InChI is InChI=1S/C37H26F4N2/c1-21-3-2-4-24-13-14-42(37(21)24)33-11-7-22-6-10-32-34(12-8-23-5-9-31(33)35(22)36(23)32)43(29-17-25(38)15-26(39)18-29)30-19-27(40)16-28(41)20-30/h2,4-12,15-21H,3,13-14H2,1H3. The Morgan fingerprint density at radius 3 is 1.88 bits per heavy atom. The van der Waals surface area contributed by atoms with E-state index in [9.17, 15) is 17.6 Å². The molecule has 0 N–H and O–H groups in total. The fourth-order valence-electron chi connectivity index (χ4n) is 7.15. The van der Waals surface area contributed by atoms with Crippen LogP contribution in [-0.4, -0.2) is 6.54 Å². The van der Waals surface area contributed by atoms with E-state index < -0.39 is 23.3 Å². The van der Waals surface area contributed by atoms with Gasteiger partial charge in [0.2, 0.25) is 0 Å². The third kappa shape index (κ3) is 4.08. The Hall–Kier alpha value is -4.84. The van der Waals surface area contributed by atoms with E-state index >= 15 is 0 Å². The maximum atomic E-state index is 14.5. The minimum Gasteiger partial charge on any atom is -0.344 e. The van der Waals surface area contributed by atoms with Crippen LogP contribution >= 0.6 is 0 Å². The zero-order chi connectivity index (χ0) is 29.4. The Balaban J connectivity index is 1.40. The Morgan fingerprint density at radius 1 is 0.674 bits per heavy atom. The van der Waals surface area contributed by atoms with Crippen molar-refractivity contribution in [3.05, 3.63) is 132 Å². The number of benzene rings is 6. The first-order valence-corrected chi connectivity index (χ1v) is 14.5. The number of anilines is 4. The molecule has 0 saturated heterocycles. The van der Waals surface area contributed by atoms with E-state index in [-0.39, 0.29) is 11.4 Å². The Bertz CT molecular complexity index is 2060. The van der Waals surface area contributed by atoms with Crippen molar-refractivity contribution in [2.24, 2.45) is 5.92 Å². The zero-order valence-electron chi connectivity index (χ0n) is 23.3. The molecule has 0 spiro atoms. The van der Waals surface area contributed by atoms with E-state index in [1.165, 1.54) is 40.4 Å². The predicted octanol–water partition coefficient (Wildman–Crippen LogP) is 10.7. The van der Waals surface area contributed by atoms with E-state index in [1.54, 1.807) is 0 Å². The highest BCUT2D eigenvalue weighted by molar-refractivity contribution is 6.27. The van der Waals surface area contributed by atoms with Crippen LogP contribution in [0.25, 0.3) is 32.3 Å². The van der Waals surface area contributed by atoms with Crippen molar-refractivity contribution in [3.63, 3.8) is 0 Å². The van der Waals surface area contributed by atoms with Gasteiger partial charge in [-0.2, -0.15) is 0 Å². The highest BCUT2D eigenvalue weighted by atomic mass is 19.1. The molecule has 1 aliphatic heterocycles. The van der Waals surface area contributed by atoms with Gasteiger partial charge in [0, 0.05) is 46.8 Å². The number of rotatable bonds is 4. The summed E-state index contributed by atoms with van der Waals surface area (Å²) in [5, 5.41) is 6.05. The van der Waals surface area contributed by atoms with Gasteiger partial charge in [0.1, 0.15) is 23.3 Å². The molecule has 43 heavy (non-hydrogen) atoms. The fourth-order valence-corrected chi connectivity index (χ4v) is 7.15. The summed E-state index contributed by atoms with van der Waals surface area (Å²) in [5.41, 5.74) is 4.72. The maximum absolute atomic E-state index is 14.5. The van der Waals surface area contributed by atoms with E-state index in [1.807, 2.05) is 24.3 Å². The van der Waals surface area contributed by atoms with Crippen molar-refractivity contribution in [2.75, 3.05) is 16.3 Å². The molecule has 6 aromatic rings. The van der Waals surface area contributed by atoms with Gasteiger partial charge in [-0.15, -0.1) is 0 Å². The van der Waals surface area contributed by atoms with Crippen LogP contribution in [0, 0.1) is 29.2 Å². The molecule has 0 fully saturated rings. The molecule has 1 unspecified atom stereocenters. The second-order valence-corrected chi connectivity index (χ2v) is 11.5. The normalized spacial score (nSPS) is 16.7. The van der Waals surface area contributed by atoms with Crippen molar-refractivity contribution >= 4 is 55.1 Å². The lowest BCUT2D eigenvalue weighted by atomic mass is 9.91. The SMILES string of the molecule is CC1CC=CC2=C1N(c1ccc3ccc4c(N(c5cc(F)cc(F)c5)c5cc(F)cc(F)c5)ccc5ccc1c3c54)CC2. The summed E-state index contributed by atoms with van der Waals surface area (Å²) in [6, 6.07) is 22.6. The first-order chi connectivity index (χ1) is 20.9. The minimum absolute atomic E-state index is 0.120. The molecule has 1 atom stereocenters. The van der Waals surface area contributed by atoms with Gasteiger partial charge in [-0.25, -0.2) is 17.6 Å². The number of allylic oxidation sites excluding steroid dienone is 3. The van der Waals surface area contributed by atoms with Crippen LogP contribution in [0.2, 0.25) is 0 Å². The summed E-state index contributed by atoms with van der Waals surface area (Å²) in [6.45, 7) is 3.19. The van der Waals surface area contributed by atoms with Crippen molar-refractivity contribution < 1.29 is 17.6 Å². The molecule has 6 aromatic carbocycles. The van der Waals surface area contributed by atoms with Gasteiger partial charge in [0.25, 0.3) is 0 Å². The van der Waals surface area contributed by atoms with Crippen LogP contribution in [0.3, 0.4) is 0 Å². The van der Waals surface area contributed by atoms with Gasteiger partial charge in [0.05, 0.1) is 17.1 Å². The maximum Gasteiger partial charge on any atom is 0.128 e. The van der Waals surface area contributed by atoms with E-state index in [2.05, 4.69) is 48.2 Å². The Kier molecular flexibility index (Phi) is 5.77. The second kappa shape index (κ2) is 9.60. The average molecular weight is 575 g/mol. The van der Waals surface area contributed by atoms with Gasteiger partial charge in [-0.05, 0) is 76.4 Å². The summed E-state index contributed by atoms with van der Waals surface area (Å²) in [7, 11) is 0. The summed E-state index contributed by atoms with van der Waals surface area (Å²) in [6.07, 6.45) is 6.54. The Morgan fingerprint density at radius 2 is 1.23 bits per heavy atom. The number of hydrogen-bond acceptors (Lipinski definition) is 2. The molecule has 212 valence electrons. The van der Waals surface area contributed by atoms with Gasteiger partial charge in [0.15, 0.2) is 0 Å². The van der Waals surface area contributed by atoms with Gasteiger partial charge < -0.3 is 9.80 Å². The van der Waals surface area contributed by atoms with Gasteiger partial charge >= 0.3 is 0 Å². The number of hydrogen-bond donors (Lipinski definition) is 0. The van der Waals surface area contributed by atoms with E-state index in [4.69, 9.17) is 0 Å². The van der Waals surface area contributed by atoms with E-state index in [0.29, 0.717) is 11.6 Å². The van der Waals surface area contributed by atoms with Gasteiger partial charge in [-0.1, -0.05) is 55.5 Å². The van der Waals surface area contributed by atoms with Crippen LogP contribution < -0.4 is 9.80 Å². The molecule has 0 radical (unpaired) electrons. The second-order valence-electron chi connectivity index (χ2n) is 11.5. The van der Waals surface area contributed by atoms with Crippen LogP contribution in [0.4, 0.5) is 40.3 Å². The zero-order valence-corrected chi connectivity index (χ0v) is 23.3. The molecule has 1 heterocycles. The fraction of sp³-hybridized carbons (Fsp3) is 0.135. The van der Waals surface area contributed by atoms with Crippen LogP contribution in [-0.2, 0) is 0 Å².